The first kappa shape index (κ1) is 17.6. The van der Waals surface area contributed by atoms with Gasteiger partial charge in [-0.05, 0) is 30.3 Å². The van der Waals surface area contributed by atoms with Crippen LogP contribution in [-0.2, 0) is 7.05 Å². The highest BCUT2D eigenvalue weighted by Crippen LogP contribution is 2.43. The van der Waals surface area contributed by atoms with Gasteiger partial charge in [0.2, 0.25) is 5.88 Å². The van der Waals surface area contributed by atoms with Crippen LogP contribution in [0.5, 0.6) is 0 Å². The number of fused-ring (bicyclic) bond motifs is 3. The van der Waals surface area contributed by atoms with E-state index >= 15 is 0 Å². The molecule has 0 spiro atoms. The third-order valence-electron chi connectivity index (χ3n) is 5.11. The minimum atomic E-state index is -0.126. The van der Waals surface area contributed by atoms with Crippen molar-refractivity contribution in [2.24, 2.45) is 7.05 Å². The van der Waals surface area contributed by atoms with Gasteiger partial charge in [-0.1, -0.05) is 60.1 Å². The summed E-state index contributed by atoms with van der Waals surface area (Å²) in [6.07, 6.45) is 0. The molecule has 0 unspecified atom stereocenters. The lowest BCUT2D eigenvalue weighted by Gasteiger charge is -2.08. The second-order valence-electron chi connectivity index (χ2n) is 6.86. The summed E-state index contributed by atoms with van der Waals surface area (Å²) in [6.45, 7) is 0. The molecule has 5 heteroatoms. The van der Waals surface area contributed by atoms with Crippen LogP contribution < -0.4 is 10.9 Å². The van der Waals surface area contributed by atoms with E-state index in [-0.39, 0.29) is 5.56 Å². The van der Waals surface area contributed by atoms with E-state index in [9.17, 15) is 4.79 Å². The first-order valence-corrected chi connectivity index (χ1v) is 9.64. The average Bonchev–Trinajstić information content (AvgIpc) is 3.12. The summed E-state index contributed by atoms with van der Waals surface area (Å²) in [7, 11) is 1.78. The summed E-state index contributed by atoms with van der Waals surface area (Å²) >= 11 is 6.52. The Kier molecular flexibility index (Phi) is 4.14. The van der Waals surface area contributed by atoms with Crippen molar-refractivity contribution in [2.45, 2.75) is 0 Å². The Morgan fingerprint density at radius 3 is 2.38 bits per heavy atom. The second kappa shape index (κ2) is 6.83. The van der Waals surface area contributed by atoms with Crippen LogP contribution in [0.15, 0.2) is 88.1 Å². The minimum absolute atomic E-state index is 0.126. The van der Waals surface area contributed by atoms with Crippen LogP contribution in [-0.4, -0.2) is 4.57 Å². The van der Waals surface area contributed by atoms with Crippen molar-refractivity contribution in [1.29, 1.82) is 0 Å². The van der Waals surface area contributed by atoms with Crippen LogP contribution in [0.3, 0.4) is 0 Å². The van der Waals surface area contributed by atoms with Gasteiger partial charge < -0.3 is 14.3 Å². The van der Waals surface area contributed by atoms with Crippen molar-refractivity contribution in [2.75, 3.05) is 5.32 Å². The maximum Gasteiger partial charge on any atom is 0.262 e. The first-order valence-electron chi connectivity index (χ1n) is 9.26. The molecular weight excluding hydrogens is 384 g/mol. The van der Waals surface area contributed by atoms with E-state index in [0.29, 0.717) is 27.4 Å². The lowest BCUT2D eigenvalue weighted by atomic mass is 10.0. The number of pyridine rings is 1. The van der Waals surface area contributed by atoms with Crippen molar-refractivity contribution >= 4 is 45.0 Å². The number of rotatable bonds is 3. The Balaban J connectivity index is 1.92. The van der Waals surface area contributed by atoms with Gasteiger partial charge in [0.05, 0.1) is 16.5 Å². The Hall–Kier alpha value is -3.50. The fourth-order valence-electron chi connectivity index (χ4n) is 3.72. The van der Waals surface area contributed by atoms with Gasteiger partial charge in [0.15, 0.2) is 5.58 Å². The summed E-state index contributed by atoms with van der Waals surface area (Å²) < 4.78 is 7.93. The van der Waals surface area contributed by atoms with Crippen molar-refractivity contribution in [3.63, 3.8) is 0 Å². The summed E-state index contributed by atoms with van der Waals surface area (Å²) in [4.78, 5) is 13.3. The van der Waals surface area contributed by atoms with E-state index < -0.39 is 0 Å². The zero-order valence-corrected chi connectivity index (χ0v) is 16.4. The third-order valence-corrected chi connectivity index (χ3v) is 5.44. The Bertz CT molecular complexity index is 1420. The van der Waals surface area contributed by atoms with Crippen LogP contribution in [0, 0.1) is 0 Å². The fourth-order valence-corrected chi connectivity index (χ4v) is 3.95. The number of nitrogens with one attached hydrogen (secondary N) is 1. The predicted octanol–water partition coefficient (Wildman–Crippen LogP) is 6.35. The van der Waals surface area contributed by atoms with Gasteiger partial charge in [-0.25, -0.2) is 0 Å². The summed E-state index contributed by atoms with van der Waals surface area (Å²) in [5.41, 5.74) is 3.52. The largest absolute Gasteiger partial charge is 0.439 e. The van der Waals surface area contributed by atoms with Crippen LogP contribution in [0.25, 0.3) is 33.0 Å². The number of nitrogens with zero attached hydrogens (tertiary/aromatic N) is 1. The molecule has 0 bridgehead atoms. The topological polar surface area (TPSA) is 47.2 Å². The SMILES string of the molecule is Cn1c(=O)c2c(-c3ccccc3Cl)c(Nc3ccccc3)oc2c2ccccc21. The molecule has 142 valence electrons. The van der Waals surface area contributed by atoms with Crippen molar-refractivity contribution in [1.82, 2.24) is 4.57 Å². The number of hydrogen-bond donors (Lipinski definition) is 1. The van der Waals surface area contributed by atoms with E-state index in [1.807, 2.05) is 78.9 Å². The molecule has 3 aromatic carbocycles. The molecule has 0 aliphatic carbocycles. The number of aromatic nitrogens is 1. The molecule has 5 rings (SSSR count). The van der Waals surface area contributed by atoms with Gasteiger partial charge in [-0.3, -0.25) is 4.79 Å². The zero-order chi connectivity index (χ0) is 20.0. The Labute approximate surface area is 172 Å². The highest BCUT2D eigenvalue weighted by molar-refractivity contribution is 6.34. The van der Waals surface area contributed by atoms with E-state index in [1.54, 1.807) is 11.6 Å². The smallest absolute Gasteiger partial charge is 0.262 e. The molecule has 29 heavy (non-hydrogen) atoms. The van der Waals surface area contributed by atoms with Crippen molar-refractivity contribution < 1.29 is 4.42 Å². The quantitative estimate of drug-likeness (QED) is 0.384. The number of hydrogen-bond acceptors (Lipinski definition) is 3. The second-order valence-corrected chi connectivity index (χ2v) is 7.27. The maximum absolute atomic E-state index is 13.3. The van der Waals surface area contributed by atoms with Gasteiger partial charge in [0.1, 0.15) is 0 Å². The van der Waals surface area contributed by atoms with Gasteiger partial charge in [0, 0.05) is 28.7 Å². The molecule has 0 amide bonds. The van der Waals surface area contributed by atoms with Gasteiger partial charge >= 0.3 is 0 Å². The number of furan rings is 1. The van der Waals surface area contributed by atoms with E-state index in [2.05, 4.69) is 5.32 Å². The molecule has 0 aliphatic heterocycles. The molecule has 0 fully saturated rings. The molecule has 0 atom stereocenters. The Morgan fingerprint density at radius 2 is 1.59 bits per heavy atom. The molecule has 2 heterocycles. The highest BCUT2D eigenvalue weighted by Gasteiger charge is 2.23. The molecule has 5 aromatic rings. The van der Waals surface area contributed by atoms with Crippen LogP contribution in [0.2, 0.25) is 5.02 Å². The van der Waals surface area contributed by atoms with Crippen LogP contribution >= 0.6 is 11.6 Å². The van der Waals surface area contributed by atoms with Crippen LogP contribution in [0.1, 0.15) is 0 Å². The van der Waals surface area contributed by atoms with Gasteiger partial charge in [0.25, 0.3) is 5.56 Å². The van der Waals surface area contributed by atoms with E-state index in [0.717, 1.165) is 22.2 Å². The minimum Gasteiger partial charge on any atom is -0.439 e. The number of halogens is 1. The van der Waals surface area contributed by atoms with Crippen molar-refractivity contribution in [3.05, 3.63) is 94.2 Å². The van der Waals surface area contributed by atoms with E-state index in [4.69, 9.17) is 16.0 Å². The van der Waals surface area contributed by atoms with Crippen LogP contribution in [0.4, 0.5) is 11.6 Å². The molecule has 0 saturated heterocycles. The highest BCUT2D eigenvalue weighted by atomic mass is 35.5. The summed E-state index contributed by atoms with van der Waals surface area (Å²) in [6, 6.07) is 24.9. The molecule has 1 N–H and O–H groups in total. The molecule has 0 aliphatic rings. The number of para-hydroxylation sites is 2. The molecule has 0 radical (unpaired) electrons. The predicted molar refractivity (Wildman–Crippen MR) is 119 cm³/mol. The maximum atomic E-state index is 13.3. The summed E-state index contributed by atoms with van der Waals surface area (Å²) in [5.74, 6) is 0.493. The van der Waals surface area contributed by atoms with E-state index in [1.165, 1.54) is 0 Å². The number of benzene rings is 3. The fraction of sp³-hybridized carbons (Fsp3) is 0.0417. The molecule has 0 saturated carbocycles. The van der Waals surface area contributed by atoms with Gasteiger partial charge in [-0.15, -0.1) is 0 Å². The summed E-state index contributed by atoms with van der Waals surface area (Å²) in [5, 5.41) is 5.27. The molecule has 4 nitrogen and oxygen atoms in total. The average molecular weight is 401 g/mol. The molecular formula is C24H17ClN2O2. The zero-order valence-electron chi connectivity index (χ0n) is 15.6. The lowest BCUT2D eigenvalue weighted by molar-refractivity contribution is 0.638. The number of anilines is 2. The normalized spacial score (nSPS) is 11.2. The Morgan fingerprint density at radius 1 is 0.897 bits per heavy atom. The standard InChI is InChI=1S/C24H17ClN2O2/c1-27-19-14-8-6-12-17(19)22-21(24(27)28)20(16-11-5-7-13-18(16)25)23(29-22)26-15-9-3-2-4-10-15/h2-14,26H,1H3. The van der Waals surface area contributed by atoms with Gasteiger partial charge in [-0.2, -0.15) is 0 Å². The number of aryl methyl sites for hydroxylation is 1. The monoisotopic (exact) mass is 400 g/mol. The molecule has 2 aromatic heterocycles. The van der Waals surface area contributed by atoms with Crippen molar-refractivity contribution in [3.8, 4) is 11.1 Å². The lowest BCUT2D eigenvalue weighted by Crippen LogP contribution is -2.17. The third kappa shape index (κ3) is 2.80. The first-order chi connectivity index (χ1) is 14.1.